The highest BCUT2D eigenvalue weighted by Gasteiger charge is 2.15. The zero-order chi connectivity index (χ0) is 9.26. The fourth-order valence-electron chi connectivity index (χ4n) is 1.62. The van der Waals surface area contributed by atoms with Gasteiger partial charge in [-0.05, 0) is 19.1 Å². The normalized spacial score (nSPS) is 18.2. The molecule has 1 aromatic rings. The van der Waals surface area contributed by atoms with Crippen molar-refractivity contribution < 1.29 is 4.74 Å². The molecule has 0 spiro atoms. The predicted molar refractivity (Wildman–Crippen MR) is 53.8 cm³/mol. The highest BCUT2D eigenvalue weighted by molar-refractivity contribution is 6.03. The SMILES string of the molecule is CN=C1CCOc2ccc(C)cc21. The highest BCUT2D eigenvalue weighted by atomic mass is 16.5. The van der Waals surface area contributed by atoms with Crippen molar-refractivity contribution in [3.8, 4) is 5.75 Å². The molecule has 0 radical (unpaired) electrons. The van der Waals surface area contributed by atoms with Crippen molar-refractivity contribution in [3.63, 3.8) is 0 Å². The number of fused-ring (bicyclic) bond motifs is 1. The summed E-state index contributed by atoms with van der Waals surface area (Å²) < 4.78 is 5.53. The van der Waals surface area contributed by atoms with Crippen LogP contribution in [0.1, 0.15) is 17.5 Å². The predicted octanol–water partition coefficient (Wildman–Crippen LogP) is 2.20. The molecule has 0 amide bonds. The lowest BCUT2D eigenvalue weighted by Gasteiger charge is -2.19. The number of hydrogen-bond acceptors (Lipinski definition) is 2. The summed E-state index contributed by atoms with van der Waals surface area (Å²) in [6.45, 7) is 2.84. The summed E-state index contributed by atoms with van der Waals surface area (Å²) in [5.74, 6) is 0.970. The van der Waals surface area contributed by atoms with Crippen molar-refractivity contribution in [2.24, 2.45) is 4.99 Å². The summed E-state index contributed by atoms with van der Waals surface area (Å²) in [6, 6.07) is 6.23. The Labute approximate surface area is 78.3 Å². The summed E-state index contributed by atoms with van der Waals surface area (Å²) >= 11 is 0. The van der Waals surface area contributed by atoms with Gasteiger partial charge in [0.05, 0.1) is 6.61 Å². The van der Waals surface area contributed by atoms with Crippen LogP contribution in [0.2, 0.25) is 0 Å². The van der Waals surface area contributed by atoms with Gasteiger partial charge in [0.15, 0.2) is 0 Å². The number of benzene rings is 1. The second kappa shape index (κ2) is 3.21. The van der Waals surface area contributed by atoms with E-state index in [1.54, 1.807) is 0 Å². The molecule has 0 N–H and O–H groups in total. The number of aryl methyl sites for hydroxylation is 1. The fourth-order valence-corrected chi connectivity index (χ4v) is 1.62. The van der Waals surface area contributed by atoms with Crippen molar-refractivity contribution in [2.45, 2.75) is 13.3 Å². The van der Waals surface area contributed by atoms with Gasteiger partial charge in [-0.2, -0.15) is 0 Å². The summed E-state index contributed by atoms with van der Waals surface area (Å²) in [5.41, 5.74) is 3.57. The first-order chi connectivity index (χ1) is 6.31. The first-order valence-electron chi connectivity index (χ1n) is 4.51. The third-order valence-corrected chi connectivity index (χ3v) is 2.31. The smallest absolute Gasteiger partial charge is 0.128 e. The van der Waals surface area contributed by atoms with Gasteiger partial charge >= 0.3 is 0 Å². The summed E-state index contributed by atoms with van der Waals surface area (Å²) in [7, 11) is 1.84. The van der Waals surface area contributed by atoms with Gasteiger partial charge in [-0.1, -0.05) is 11.6 Å². The number of hydrogen-bond donors (Lipinski definition) is 0. The zero-order valence-corrected chi connectivity index (χ0v) is 8.00. The monoisotopic (exact) mass is 175 g/mol. The van der Waals surface area contributed by atoms with Gasteiger partial charge in [0.2, 0.25) is 0 Å². The molecule has 0 saturated heterocycles. The largest absolute Gasteiger partial charge is 0.492 e. The minimum absolute atomic E-state index is 0.753. The van der Waals surface area contributed by atoms with Gasteiger partial charge in [0.1, 0.15) is 5.75 Å². The van der Waals surface area contributed by atoms with E-state index in [1.807, 2.05) is 13.1 Å². The molecule has 2 heteroatoms. The maximum absolute atomic E-state index is 5.53. The minimum atomic E-state index is 0.753. The van der Waals surface area contributed by atoms with E-state index in [2.05, 4.69) is 24.0 Å². The van der Waals surface area contributed by atoms with E-state index in [4.69, 9.17) is 4.74 Å². The van der Waals surface area contributed by atoms with Crippen LogP contribution in [-0.2, 0) is 0 Å². The van der Waals surface area contributed by atoms with Gasteiger partial charge in [0.25, 0.3) is 0 Å². The van der Waals surface area contributed by atoms with E-state index < -0.39 is 0 Å². The molecule has 0 aromatic heterocycles. The molecule has 0 unspecified atom stereocenters. The van der Waals surface area contributed by atoms with Crippen LogP contribution in [0.25, 0.3) is 0 Å². The topological polar surface area (TPSA) is 21.6 Å². The zero-order valence-electron chi connectivity index (χ0n) is 8.00. The Kier molecular flexibility index (Phi) is 2.05. The maximum atomic E-state index is 5.53. The van der Waals surface area contributed by atoms with Crippen LogP contribution in [0.3, 0.4) is 0 Å². The quantitative estimate of drug-likeness (QED) is 0.592. The van der Waals surface area contributed by atoms with Crippen LogP contribution in [0.15, 0.2) is 23.2 Å². The Bertz CT molecular complexity index is 355. The second-order valence-corrected chi connectivity index (χ2v) is 3.27. The van der Waals surface area contributed by atoms with Gasteiger partial charge in [-0.15, -0.1) is 0 Å². The van der Waals surface area contributed by atoms with Gasteiger partial charge in [-0.3, -0.25) is 4.99 Å². The van der Waals surface area contributed by atoms with Crippen molar-refractivity contribution in [2.75, 3.05) is 13.7 Å². The highest BCUT2D eigenvalue weighted by Crippen LogP contribution is 2.25. The van der Waals surface area contributed by atoms with Crippen molar-refractivity contribution in [1.82, 2.24) is 0 Å². The Morgan fingerprint density at radius 3 is 3.00 bits per heavy atom. The molecule has 0 atom stereocenters. The lowest BCUT2D eigenvalue weighted by molar-refractivity contribution is 0.320. The van der Waals surface area contributed by atoms with Crippen molar-refractivity contribution in [3.05, 3.63) is 29.3 Å². The Balaban J connectivity index is 2.54. The van der Waals surface area contributed by atoms with Crippen LogP contribution >= 0.6 is 0 Å². The molecule has 13 heavy (non-hydrogen) atoms. The summed E-state index contributed by atoms with van der Waals surface area (Å²) in [4.78, 5) is 4.27. The lowest BCUT2D eigenvalue weighted by atomic mass is 10.0. The van der Waals surface area contributed by atoms with Gasteiger partial charge in [-0.25, -0.2) is 0 Å². The molecule has 0 fully saturated rings. The average molecular weight is 175 g/mol. The molecular formula is C11H13NO. The molecule has 0 bridgehead atoms. The Morgan fingerprint density at radius 1 is 1.38 bits per heavy atom. The molecule has 2 nitrogen and oxygen atoms in total. The third kappa shape index (κ3) is 1.44. The Morgan fingerprint density at radius 2 is 2.23 bits per heavy atom. The van der Waals surface area contributed by atoms with E-state index in [0.29, 0.717) is 0 Å². The van der Waals surface area contributed by atoms with Crippen LogP contribution in [-0.4, -0.2) is 19.4 Å². The molecule has 0 aliphatic carbocycles. The molecule has 1 heterocycles. The summed E-state index contributed by atoms with van der Waals surface area (Å²) in [6.07, 6.45) is 0.924. The third-order valence-electron chi connectivity index (χ3n) is 2.31. The van der Waals surface area contributed by atoms with Crippen LogP contribution in [0, 0.1) is 6.92 Å². The number of rotatable bonds is 0. The first kappa shape index (κ1) is 8.30. The average Bonchev–Trinajstić information content (AvgIpc) is 2.17. The van der Waals surface area contributed by atoms with E-state index in [-0.39, 0.29) is 0 Å². The fraction of sp³-hybridized carbons (Fsp3) is 0.364. The Hall–Kier alpha value is -1.31. The van der Waals surface area contributed by atoms with Gasteiger partial charge in [0, 0.05) is 24.7 Å². The van der Waals surface area contributed by atoms with E-state index in [9.17, 15) is 0 Å². The summed E-state index contributed by atoms with van der Waals surface area (Å²) in [5, 5.41) is 0. The van der Waals surface area contributed by atoms with E-state index in [0.717, 1.165) is 30.1 Å². The maximum Gasteiger partial charge on any atom is 0.128 e. The molecule has 2 rings (SSSR count). The van der Waals surface area contributed by atoms with Crippen LogP contribution < -0.4 is 4.74 Å². The molecule has 1 aliphatic rings. The number of aliphatic imine (C=N–C) groups is 1. The molecule has 0 saturated carbocycles. The minimum Gasteiger partial charge on any atom is -0.492 e. The number of nitrogens with zero attached hydrogens (tertiary/aromatic N) is 1. The van der Waals surface area contributed by atoms with Crippen molar-refractivity contribution in [1.29, 1.82) is 0 Å². The second-order valence-electron chi connectivity index (χ2n) is 3.27. The molecular weight excluding hydrogens is 162 g/mol. The standard InChI is InChI=1S/C11H13NO/c1-8-3-4-11-9(7-8)10(12-2)5-6-13-11/h3-4,7H,5-6H2,1-2H3. The van der Waals surface area contributed by atoms with E-state index in [1.165, 1.54) is 5.56 Å². The molecule has 1 aromatic carbocycles. The molecule has 68 valence electrons. The lowest BCUT2D eigenvalue weighted by Crippen LogP contribution is -2.16. The number of ether oxygens (including phenoxy) is 1. The van der Waals surface area contributed by atoms with Crippen LogP contribution in [0.4, 0.5) is 0 Å². The first-order valence-corrected chi connectivity index (χ1v) is 4.51. The van der Waals surface area contributed by atoms with Crippen molar-refractivity contribution >= 4 is 5.71 Å². The van der Waals surface area contributed by atoms with Gasteiger partial charge < -0.3 is 4.74 Å². The van der Waals surface area contributed by atoms with Crippen LogP contribution in [0.5, 0.6) is 5.75 Å². The molecule has 1 aliphatic heterocycles. The van der Waals surface area contributed by atoms with E-state index >= 15 is 0 Å².